The highest BCUT2D eigenvalue weighted by Crippen LogP contribution is 2.19. The molecule has 2 aromatic rings. The van der Waals surface area contributed by atoms with Gasteiger partial charge >= 0.3 is 0 Å². The van der Waals surface area contributed by atoms with Gasteiger partial charge in [-0.1, -0.05) is 13.3 Å². The van der Waals surface area contributed by atoms with Crippen LogP contribution in [0.4, 0.5) is 5.82 Å². The summed E-state index contributed by atoms with van der Waals surface area (Å²) in [4.78, 5) is 8.66. The Hall–Kier alpha value is -2.10. The normalized spacial score (nSPS) is 10.3. The van der Waals surface area contributed by atoms with Gasteiger partial charge in [0, 0.05) is 12.1 Å². The number of benzene rings is 1. The predicted molar refractivity (Wildman–Crippen MR) is 72.5 cm³/mol. The molecule has 0 radical (unpaired) electrons. The number of hydrogen-bond donors (Lipinski definition) is 2. The third-order valence-electron chi connectivity index (χ3n) is 2.65. The molecule has 0 atom stereocenters. The van der Waals surface area contributed by atoms with Crippen molar-refractivity contribution in [3.8, 4) is 17.0 Å². The quantitative estimate of drug-likeness (QED) is 0.792. The Morgan fingerprint density at radius 1 is 1.11 bits per heavy atom. The third kappa shape index (κ3) is 3.20. The Morgan fingerprint density at radius 3 is 2.50 bits per heavy atom. The van der Waals surface area contributed by atoms with E-state index in [1.807, 2.05) is 12.1 Å². The second kappa shape index (κ2) is 6.00. The van der Waals surface area contributed by atoms with Crippen molar-refractivity contribution in [1.82, 2.24) is 9.97 Å². The molecule has 0 spiro atoms. The molecule has 0 amide bonds. The first kappa shape index (κ1) is 12.4. The molecule has 1 aromatic heterocycles. The van der Waals surface area contributed by atoms with Crippen LogP contribution in [0.15, 0.2) is 36.7 Å². The first-order chi connectivity index (χ1) is 8.79. The van der Waals surface area contributed by atoms with Gasteiger partial charge in [-0.05, 0) is 30.7 Å². The Bertz CT molecular complexity index is 479. The molecule has 0 saturated heterocycles. The van der Waals surface area contributed by atoms with Crippen molar-refractivity contribution in [2.45, 2.75) is 19.8 Å². The molecule has 0 aliphatic heterocycles. The highest BCUT2D eigenvalue weighted by Gasteiger charge is 2.00. The Labute approximate surface area is 107 Å². The predicted octanol–water partition coefficient (Wildman–Crippen LogP) is 3.06. The molecule has 4 heteroatoms. The standard InChI is InChI=1S/C14H17N3O/c1-2-3-8-15-14-10-16-13(9-17-14)11-4-6-12(18)7-5-11/h4-7,9-10,18H,2-3,8H2,1H3,(H,15,17). The highest BCUT2D eigenvalue weighted by atomic mass is 16.3. The summed E-state index contributed by atoms with van der Waals surface area (Å²) in [6.45, 7) is 3.07. The van der Waals surface area contributed by atoms with E-state index >= 15 is 0 Å². The molecular formula is C14H17N3O. The summed E-state index contributed by atoms with van der Waals surface area (Å²) in [5, 5.41) is 12.4. The number of nitrogens with zero attached hydrogens (tertiary/aromatic N) is 2. The SMILES string of the molecule is CCCCNc1cnc(-c2ccc(O)cc2)cn1. The smallest absolute Gasteiger partial charge is 0.144 e. The molecule has 1 heterocycles. The molecule has 4 nitrogen and oxygen atoms in total. The first-order valence-electron chi connectivity index (χ1n) is 6.15. The lowest BCUT2D eigenvalue weighted by Crippen LogP contribution is -2.03. The fourth-order valence-corrected chi connectivity index (χ4v) is 1.59. The zero-order chi connectivity index (χ0) is 12.8. The van der Waals surface area contributed by atoms with Crippen molar-refractivity contribution in [1.29, 1.82) is 0 Å². The van der Waals surface area contributed by atoms with Crippen molar-refractivity contribution in [2.75, 3.05) is 11.9 Å². The van der Waals surface area contributed by atoms with E-state index < -0.39 is 0 Å². The van der Waals surface area contributed by atoms with Crippen LogP contribution >= 0.6 is 0 Å². The van der Waals surface area contributed by atoms with Crippen molar-refractivity contribution in [2.24, 2.45) is 0 Å². The minimum atomic E-state index is 0.254. The Morgan fingerprint density at radius 2 is 1.89 bits per heavy atom. The van der Waals surface area contributed by atoms with Crippen LogP contribution in [-0.2, 0) is 0 Å². The summed E-state index contributed by atoms with van der Waals surface area (Å²) >= 11 is 0. The van der Waals surface area contributed by atoms with Crippen LogP contribution in [0.5, 0.6) is 5.75 Å². The number of rotatable bonds is 5. The lowest BCUT2D eigenvalue weighted by molar-refractivity contribution is 0.475. The number of nitrogens with one attached hydrogen (secondary N) is 1. The van der Waals surface area contributed by atoms with Gasteiger partial charge in [0.15, 0.2) is 0 Å². The topological polar surface area (TPSA) is 58.0 Å². The molecule has 0 aliphatic rings. The van der Waals surface area contributed by atoms with Crippen molar-refractivity contribution in [3.05, 3.63) is 36.7 Å². The maximum atomic E-state index is 9.22. The minimum Gasteiger partial charge on any atom is -0.508 e. The van der Waals surface area contributed by atoms with Gasteiger partial charge in [0.1, 0.15) is 11.6 Å². The number of anilines is 1. The van der Waals surface area contributed by atoms with Crippen molar-refractivity contribution in [3.63, 3.8) is 0 Å². The average Bonchev–Trinajstić information content (AvgIpc) is 2.41. The van der Waals surface area contributed by atoms with Crippen LogP contribution in [0.1, 0.15) is 19.8 Å². The van der Waals surface area contributed by atoms with Crippen LogP contribution in [0.2, 0.25) is 0 Å². The van der Waals surface area contributed by atoms with Crippen LogP contribution in [-0.4, -0.2) is 21.6 Å². The largest absolute Gasteiger partial charge is 0.508 e. The van der Waals surface area contributed by atoms with Gasteiger partial charge in [-0.15, -0.1) is 0 Å². The van der Waals surface area contributed by atoms with E-state index in [9.17, 15) is 5.11 Å². The van der Waals surface area contributed by atoms with E-state index in [2.05, 4.69) is 22.2 Å². The second-order valence-electron chi connectivity index (χ2n) is 4.11. The number of aromatic hydroxyl groups is 1. The van der Waals surface area contributed by atoms with E-state index in [1.54, 1.807) is 24.5 Å². The third-order valence-corrected chi connectivity index (χ3v) is 2.65. The maximum absolute atomic E-state index is 9.22. The fraction of sp³-hybridized carbons (Fsp3) is 0.286. The number of aromatic nitrogens is 2. The summed E-state index contributed by atoms with van der Waals surface area (Å²) in [5.74, 6) is 1.05. The molecule has 0 aliphatic carbocycles. The fourth-order valence-electron chi connectivity index (χ4n) is 1.59. The lowest BCUT2D eigenvalue weighted by Gasteiger charge is -2.05. The number of phenols is 1. The van der Waals surface area contributed by atoms with Gasteiger partial charge in [-0.3, -0.25) is 4.98 Å². The van der Waals surface area contributed by atoms with Crippen LogP contribution < -0.4 is 5.32 Å². The molecule has 0 unspecified atom stereocenters. The summed E-state index contributed by atoms with van der Waals surface area (Å²) in [7, 11) is 0. The molecule has 2 rings (SSSR count). The maximum Gasteiger partial charge on any atom is 0.144 e. The van der Waals surface area contributed by atoms with E-state index in [-0.39, 0.29) is 5.75 Å². The monoisotopic (exact) mass is 243 g/mol. The van der Waals surface area contributed by atoms with Gasteiger partial charge in [-0.25, -0.2) is 4.98 Å². The number of phenolic OH excluding ortho intramolecular Hbond substituents is 1. The molecular weight excluding hydrogens is 226 g/mol. The van der Waals surface area contributed by atoms with E-state index in [1.165, 1.54) is 0 Å². The van der Waals surface area contributed by atoms with Gasteiger partial charge in [-0.2, -0.15) is 0 Å². The molecule has 0 fully saturated rings. The van der Waals surface area contributed by atoms with E-state index in [4.69, 9.17) is 0 Å². The minimum absolute atomic E-state index is 0.254. The molecule has 94 valence electrons. The van der Waals surface area contributed by atoms with Crippen LogP contribution in [0.25, 0.3) is 11.3 Å². The second-order valence-corrected chi connectivity index (χ2v) is 4.11. The molecule has 0 saturated carbocycles. The summed E-state index contributed by atoms with van der Waals surface area (Å²) in [6.07, 6.45) is 5.76. The lowest BCUT2D eigenvalue weighted by atomic mass is 10.1. The van der Waals surface area contributed by atoms with Gasteiger partial charge in [0.25, 0.3) is 0 Å². The Kier molecular flexibility index (Phi) is 4.12. The average molecular weight is 243 g/mol. The first-order valence-corrected chi connectivity index (χ1v) is 6.15. The highest BCUT2D eigenvalue weighted by molar-refractivity contribution is 5.59. The van der Waals surface area contributed by atoms with Crippen LogP contribution in [0, 0.1) is 0 Å². The summed E-state index contributed by atoms with van der Waals surface area (Å²) in [6, 6.07) is 6.93. The number of unbranched alkanes of at least 4 members (excludes halogenated alkanes) is 1. The Balaban J connectivity index is 2.05. The molecule has 18 heavy (non-hydrogen) atoms. The van der Waals surface area contributed by atoms with Crippen molar-refractivity contribution < 1.29 is 5.11 Å². The van der Waals surface area contributed by atoms with Crippen LogP contribution in [0.3, 0.4) is 0 Å². The van der Waals surface area contributed by atoms with Crippen molar-refractivity contribution >= 4 is 5.82 Å². The van der Waals surface area contributed by atoms with Gasteiger partial charge < -0.3 is 10.4 Å². The van der Waals surface area contributed by atoms with Gasteiger partial charge in [0.2, 0.25) is 0 Å². The van der Waals surface area contributed by atoms with Gasteiger partial charge in [0.05, 0.1) is 18.1 Å². The zero-order valence-electron chi connectivity index (χ0n) is 10.4. The van der Waals surface area contributed by atoms with E-state index in [0.29, 0.717) is 0 Å². The molecule has 2 N–H and O–H groups in total. The summed E-state index contributed by atoms with van der Waals surface area (Å²) < 4.78 is 0. The zero-order valence-corrected chi connectivity index (χ0v) is 10.4. The number of hydrogen-bond acceptors (Lipinski definition) is 4. The molecule has 0 bridgehead atoms. The van der Waals surface area contributed by atoms with E-state index in [0.717, 1.165) is 36.5 Å². The molecule has 1 aromatic carbocycles. The summed E-state index contributed by atoms with van der Waals surface area (Å²) in [5.41, 5.74) is 1.75.